The molecule has 0 aliphatic carbocycles. The van der Waals surface area contributed by atoms with Crippen molar-refractivity contribution in [1.82, 2.24) is 14.7 Å². The zero-order valence-corrected chi connectivity index (χ0v) is 23.4. The maximum Gasteiger partial charge on any atom is 0.123 e. The molecule has 2 aromatic carbocycles. The third-order valence-corrected chi connectivity index (χ3v) is 8.81. The Bertz CT molecular complexity index is 1180. The lowest BCUT2D eigenvalue weighted by molar-refractivity contribution is 0.0892. The summed E-state index contributed by atoms with van der Waals surface area (Å²) in [6.07, 6.45) is 4.53. The van der Waals surface area contributed by atoms with E-state index < -0.39 is 0 Å². The summed E-state index contributed by atoms with van der Waals surface area (Å²) in [5.41, 5.74) is 10.2. The number of hydrogen-bond acceptors (Lipinski definition) is 3. The first-order valence-corrected chi connectivity index (χ1v) is 13.7. The fraction of sp³-hybridized carbons (Fsp3) is 0.500. The molecule has 3 aliphatic heterocycles. The first-order valence-electron chi connectivity index (χ1n) is 13.2. The smallest absolute Gasteiger partial charge is 0.123 e. The predicted octanol–water partition coefficient (Wildman–Crippen LogP) is 5.00. The molecule has 2 aromatic rings. The molecular weight excluding hydrogens is 465 g/mol. The van der Waals surface area contributed by atoms with Crippen molar-refractivity contribution in [1.29, 1.82) is 0 Å². The second-order valence-corrected chi connectivity index (χ2v) is 11.4. The number of ether oxygens (including phenoxy) is 1. The first-order chi connectivity index (χ1) is 17.3. The van der Waals surface area contributed by atoms with E-state index in [4.69, 9.17) is 4.74 Å². The van der Waals surface area contributed by atoms with Crippen molar-refractivity contribution in [3.05, 3.63) is 75.5 Å². The Morgan fingerprint density at radius 2 is 1.69 bits per heavy atom. The quantitative estimate of drug-likeness (QED) is 0.580. The molecule has 3 heterocycles. The van der Waals surface area contributed by atoms with Crippen LogP contribution in [0.25, 0.3) is 0 Å². The van der Waals surface area contributed by atoms with E-state index >= 15 is 0 Å². The number of piperidine rings is 1. The van der Waals surface area contributed by atoms with E-state index in [-0.39, 0.29) is 18.1 Å². The Morgan fingerprint density at radius 3 is 2.33 bits per heavy atom. The Morgan fingerprint density at radius 1 is 1.03 bits per heavy atom. The van der Waals surface area contributed by atoms with Gasteiger partial charge in [-0.2, -0.15) is 0 Å². The molecule has 36 heavy (non-hydrogen) atoms. The van der Waals surface area contributed by atoms with Gasteiger partial charge in [0.05, 0.1) is 19.3 Å². The molecule has 0 bridgehead atoms. The van der Waals surface area contributed by atoms with Crippen LogP contribution in [-0.4, -0.2) is 64.2 Å². The molecule has 6 heteroatoms. The molecule has 1 N–H and O–H groups in total. The van der Waals surface area contributed by atoms with Crippen LogP contribution >= 0.6 is 8.86 Å². The van der Waals surface area contributed by atoms with Gasteiger partial charge < -0.3 is 14.7 Å². The molecule has 1 atom stereocenters. The summed E-state index contributed by atoms with van der Waals surface area (Å²) in [6, 6.07) is 11.3. The number of fused-ring (bicyclic) bond motifs is 3. The van der Waals surface area contributed by atoms with Gasteiger partial charge in [-0.25, -0.2) is 4.90 Å². The number of aryl methyl sites for hydroxylation is 3. The van der Waals surface area contributed by atoms with Crippen LogP contribution in [0.5, 0.6) is 5.75 Å². The van der Waals surface area contributed by atoms with Gasteiger partial charge in [0.1, 0.15) is 11.3 Å². The van der Waals surface area contributed by atoms with Crippen molar-refractivity contribution in [2.45, 2.75) is 65.1 Å². The van der Waals surface area contributed by atoms with Crippen LogP contribution in [0, 0.1) is 20.8 Å². The summed E-state index contributed by atoms with van der Waals surface area (Å²) in [5, 5.41) is 10.0. The number of β-amino-alcohol motifs (C(OH)–C–C–N with tert-alkyl or cyclic N) is 1. The number of benzene rings is 2. The number of aliphatic hydroxyl groups is 1. The zero-order chi connectivity index (χ0) is 25.6. The van der Waals surface area contributed by atoms with Crippen LogP contribution in [0.15, 0.2) is 42.1 Å². The van der Waals surface area contributed by atoms with E-state index in [2.05, 4.69) is 87.7 Å². The van der Waals surface area contributed by atoms with Crippen LogP contribution in [0.3, 0.4) is 0 Å². The minimum absolute atomic E-state index is 0.114. The summed E-state index contributed by atoms with van der Waals surface area (Å²) in [6.45, 7) is 13.4. The van der Waals surface area contributed by atoms with Gasteiger partial charge in [-0.05, 0) is 56.4 Å². The number of allylic oxidation sites excluding steroid dienone is 1. The standard InChI is InChI=1S/C30H40N3O2P/c1-20-12-21(2)14-24(13-20)18-31-8-6-30(7-9-31)27-17-23(4)28-25(15-22(3)16-26(28)35-5)19-32(27)29(36)33(30)10-11-34/h12-17,23,34,36H,6-11,18-19H2,1-5H3/t23-/m0/s1. The zero-order valence-electron chi connectivity index (χ0n) is 22.4. The predicted molar refractivity (Wildman–Crippen MR) is 150 cm³/mol. The van der Waals surface area contributed by atoms with Crippen LogP contribution in [0.2, 0.25) is 0 Å². The molecule has 0 aromatic heterocycles. The first kappa shape index (κ1) is 25.5. The van der Waals surface area contributed by atoms with E-state index in [1.807, 2.05) is 0 Å². The largest absolute Gasteiger partial charge is 0.496 e. The number of hydrogen-bond donors (Lipinski definition) is 1. The number of likely N-dealkylation sites (tertiary alicyclic amines) is 1. The van der Waals surface area contributed by atoms with Gasteiger partial charge in [0.25, 0.3) is 0 Å². The van der Waals surface area contributed by atoms with Crippen molar-refractivity contribution < 1.29 is 9.84 Å². The third kappa shape index (κ3) is 4.41. The topological polar surface area (TPSA) is 39.2 Å². The van der Waals surface area contributed by atoms with Crippen molar-refractivity contribution in [2.24, 2.45) is 0 Å². The third-order valence-electron chi connectivity index (χ3n) is 8.27. The summed E-state index contributed by atoms with van der Waals surface area (Å²) >= 11 is 0. The van der Waals surface area contributed by atoms with Crippen molar-refractivity contribution in [2.75, 3.05) is 33.4 Å². The van der Waals surface area contributed by atoms with Gasteiger partial charge in [0.15, 0.2) is 0 Å². The number of aliphatic hydroxyl groups excluding tert-OH is 1. The lowest BCUT2D eigenvalue weighted by atomic mass is 9.82. The fourth-order valence-electron chi connectivity index (χ4n) is 6.85. The highest BCUT2D eigenvalue weighted by atomic mass is 31.0. The molecule has 2 saturated heterocycles. The van der Waals surface area contributed by atoms with E-state index in [0.29, 0.717) is 6.54 Å². The molecule has 3 aliphatic rings. The molecule has 5 nitrogen and oxygen atoms in total. The van der Waals surface area contributed by atoms with Crippen LogP contribution in [0.4, 0.5) is 0 Å². The molecule has 0 unspecified atom stereocenters. The van der Waals surface area contributed by atoms with Gasteiger partial charge in [-0.15, -0.1) is 0 Å². The average molecular weight is 506 g/mol. The highest BCUT2D eigenvalue weighted by Gasteiger charge is 2.53. The number of rotatable bonds is 5. The summed E-state index contributed by atoms with van der Waals surface area (Å²) in [7, 11) is 5.82. The van der Waals surface area contributed by atoms with Crippen molar-refractivity contribution in [3.63, 3.8) is 0 Å². The van der Waals surface area contributed by atoms with Gasteiger partial charge in [0, 0.05) is 49.9 Å². The maximum absolute atomic E-state index is 10.0. The van der Waals surface area contributed by atoms with Gasteiger partial charge in [-0.1, -0.05) is 57.3 Å². The molecule has 5 rings (SSSR count). The second-order valence-electron chi connectivity index (χ2n) is 11.0. The molecule has 2 fully saturated rings. The normalized spacial score (nSPS) is 21.8. The molecule has 0 saturated carbocycles. The minimum Gasteiger partial charge on any atom is -0.496 e. The Labute approximate surface area is 218 Å². The van der Waals surface area contributed by atoms with Crippen molar-refractivity contribution in [3.8, 4) is 5.75 Å². The van der Waals surface area contributed by atoms with Gasteiger partial charge >= 0.3 is 0 Å². The molecule has 1 spiro atoms. The summed E-state index contributed by atoms with van der Waals surface area (Å²) in [4.78, 5) is 7.45. The monoisotopic (exact) mass is 505 g/mol. The van der Waals surface area contributed by atoms with E-state index in [1.165, 1.54) is 39.1 Å². The highest BCUT2D eigenvalue weighted by Crippen LogP contribution is 2.48. The maximum atomic E-state index is 10.0. The van der Waals surface area contributed by atoms with Crippen LogP contribution in [0.1, 0.15) is 59.1 Å². The fourth-order valence-corrected chi connectivity index (χ4v) is 7.37. The summed E-state index contributed by atoms with van der Waals surface area (Å²) < 4.78 is 5.84. The number of nitrogens with zero attached hydrogens (tertiary/aromatic N) is 3. The van der Waals surface area contributed by atoms with E-state index in [1.54, 1.807) is 7.11 Å². The van der Waals surface area contributed by atoms with Crippen LogP contribution < -0.4 is 4.74 Å². The Hall–Kier alpha value is -2.17. The van der Waals surface area contributed by atoms with E-state index in [9.17, 15) is 5.11 Å². The number of methoxy groups -OCH3 is 1. The lowest BCUT2D eigenvalue weighted by Crippen LogP contribution is -2.54. The van der Waals surface area contributed by atoms with Gasteiger partial charge in [-0.3, -0.25) is 4.90 Å². The minimum atomic E-state index is -0.114. The average Bonchev–Trinajstić information content (AvgIpc) is 2.93. The van der Waals surface area contributed by atoms with Gasteiger partial charge in [0.2, 0.25) is 0 Å². The summed E-state index contributed by atoms with van der Waals surface area (Å²) in [5.74, 6) is 1.23. The molecule has 0 radical (unpaired) electrons. The van der Waals surface area contributed by atoms with Crippen LogP contribution in [-0.2, 0) is 13.1 Å². The molecule has 0 amide bonds. The second kappa shape index (κ2) is 9.95. The van der Waals surface area contributed by atoms with E-state index in [0.717, 1.165) is 50.3 Å². The Balaban J connectivity index is 1.46. The SMILES string of the molecule is COc1cc(C)cc2c1[C@@H](C)C=C1N(C2)C(=P)N(CCO)C12CCN(Cc1cc(C)cc(C)c1)CC2. The van der Waals surface area contributed by atoms with Crippen molar-refractivity contribution >= 4 is 14.4 Å². The molecule has 192 valence electrons. The highest BCUT2D eigenvalue weighted by molar-refractivity contribution is 7.20. The Kier molecular flexibility index (Phi) is 7.04. The molecular formula is C30H40N3O2P. The lowest BCUT2D eigenvalue weighted by Gasteiger charge is -2.44.